The second-order valence-electron chi connectivity index (χ2n) is 5.22. The number of benzene rings is 1. The molecule has 22 heavy (non-hydrogen) atoms. The van der Waals surface area contributed by atoms with Crippen molar-refractivity contribution in [2.75, 3.05) is 26.4 Å². The summed E-state index contributed by atoms with van der Waals surface area (Å²) in [6.45, 7) is 11.8. The van der Waals surface area contributed by atoms with Gasteiger partial charge in [0.2, 0.25) is 0 Å². The molecule has 0 aliphatic carbocycles. The van der Waals surface area contributed by atoms with Crippen LogP contribution in [0, 0.1) is 0 Å². The van der Waals surface area contributed by atoms with E-state index in [9.17, 15) is 0 Å². The summed E-state index contributed by atoms with van der Waals surface area (Å²) in [5, 5.41) is 3.43. The Labute approximate surface area is 142 Å². The van der Waals surface area contributed by atoms with Crippen LogP contribution in [0.2, 0.25) is 0 Å². The molecule has 0 unspecified atom stereocenters. The maximum absolute atomic E-state index is 5.68. The van der Waals surface area contributed by atoms with Gasteiger partial charge in [-0.1, -0.05) is 0 Å². The highest BCUT2D eigenvalue weighted by atomic mass is 79.9. The smallest absolute Gasteiger partial charge is 0.175 e. The van der Waals surface area contributed by atoms with Gasteiger partial charge in [-0.25, -0.2) is 0 Å². The zero-order valence-electron chi connectivity index (χ0n) is 14.1. The van der Waals surface area contributed by atoms with E-state index in [-0.39, 0.29) is 0 Å². The normalized spacial score (nSPS) is 11.0. The summed E-state index contributed by atoms with van der Waals surface area (Å²) in [6.07, 6.45) is 1.31. The first-order valence-corrected chi connectivity index (χ1v) is 8.78. The van der Waals surface area contributed by atoms with Crippen molar-refractivity contribution in [1.82, 2.24) is 5.32 Å². The first kappa shape index (κ1) is 19.3. The minimum absolute atomic E-state index is 0.302. The fourth-order valence-corrected chi connectivity index (χ4v) is 2.62. The van der Waals surface area contributed by atoms with E-state index >= 15 is 0 Å². The Bertz CT molecular complexity index is 438. The standard InChI is InChI=1S/C17H28BrNO3/c1-5-20-16-11-14(10-15(18)17(16)21-6-2)12-19-8-7-9-22-13(3)4/h10-11,13,19H,5-9,12H2,1-4H3. The molecule has 0 saturated heterocycles. The van der Waals surface area contributed by atoms with Gasteiger partial charge < -0.3 is 19.5 Å². The van der Waals surface area contributed by atoms with Crippen molar-refractivity contribution in [3.8, 4) is 11.5 Å². The lowest BCUT2D eigenvalue weighted by atomic mass is 10.2. The molecule has 126 valence electrons. The summed E-state index contributed by atoms with van der Waals surface area (Å²) >= 11 is 3.57. The fraction of sp³-hybridized carbons (Fsp3) is 0.647. The molecule has 0 fully saturated rings. The van der Waals surface area contributed by atoms with Crippen LogP contribution in [0.3, 0.4) is 0 Å². The van der Waals surface area contributed by atoms with Crippen LogP contribution in [-0.2, 0) is 11.3 Å². The van der Waals surface area contributed by atoms with Gasteiger partial charge in [0.1, 0.15) is 0 Å². The average Bonchev–Trinajstić information content (AvgIpc) is 2.46. The van der Waals surface area contributed by atoms with Crippen LogP contribution in [0.1, 0.15) is 39.7 Å². The lowest BCUT2D eigenvalue weighted by molar-refractivity contribution is 0.0770. The van der Waals surface area contributed by atoms with Gasteiger partial charge >= 0.3 is 0 Å². The molecule has 0 amide bonds. The second-order valence-corrected chi connectivity index (χ2v) is 6.08. The minimum atomic E-state index is 0.302. The van der Waals surface area contributed by atoms with E-state index in [4.69, 9.17) is 14.2 Å². The van der Waals surface area contributed by atoms with E-state index in [0.29, 0.717) is 19.3 Å². The van der Waals surface area contributed by atoms with Crippen molar-refractivity contribution in [2.24, 2.45) is 0 Å². The van der Waals surface area contributed by atoms with E-state index in [0.717, 1.165) is 42.1 Å². The van der Waals surface area contributed by atoms with Gasteiger partial charge in [-0.05, 0) is 74.3 Å². The van der Waals surface area contributed by atoms with Gasteiger partial charge in [0.15, 0.2) is 11.5 Å². The molecular weight excluding hydrogens is 346 g/mol. The van der Waals surface area contributed by atoms with Gasteiger partial charge in [0.25, 0.3) is 0 Å². The minimum Gasteiger partial charge on any atom is -0.490 e. The van der Waals surface area contributed by atoms with Gasteiger partial charge in [-0.3, -0.25) is 0 Å². The highest BCUT2D eigenvalue weighted by Crippen LogP contribution is 2.36. The van der Waals surface area contributed by atoms with Crippen LogP contribution in [0.4, 0.5) is 0 Å². The Morgan fingerprint density at radius 1 is 1.14 bits per heavy atom. The van der Waals surface area contributed by atoms with E-state index in [1.54, 1.807) is 0 Å². The average molecular weight is 374 g/mol. The predicted molar refractivity (Wildman–Crippen MR) is 93.9 cm³/mol. The summed E-state index contributed by atoms with van der Waals surface area (Å²) < 4.78 is 17.8. The van der Waals surface area contributed by atoms with E-state index < -0.39 is 0 Å². The largest absolute Gasteiger partial charge is 0.490 e. The zero-order valence-corrected chi connectivity index (χ0v) is 15.7. The third-order valence-electron chi connectivity index (χ3n) is 2.94. The molecule has 0 aliphatic rings. The summed E-state index contributed by atoms with van der Waals surface area (Å²) in [5.74, 6) is 1.57. The maximum Gasteiger partial charge on any atom is 0.175 e. The fourth-order valence-electron chi connectivity index (χ4n) is 2.02. The quantitative estimate of drug-likeness (QED) is 0.591. The van der Waals surface area contributed by atoms with Crippen molar-refractivity contribution in [3.63, 3.8) is 0 Å². The van der Waals surface area contributed by atoms with Gasteiger partial charge in [-0.15, -0.1) is 0 Å². The Hall–Kier alpha value is -0.780. The summed E-state index contributed by atoms with van der Waals surface area (Å²) in [6, 6.07) is 4.11. The number of hydrogen-bond acceptors (Lipinski definition) is 4. The van der Waals surface area contributed by atoms with Gasteiger partial charge in [-0.2, -0.15) is 0 Å². The topological polar surface area (TPSA) is 39.7 Å². The molecular formula is C17H28BrNO3. The molecule has 0 atom stereocenters. The van der Waals surface area contributed by atoms with Crippen LogP contribution in [0.5, 0.6) is 11.5 Å². The molecule has 1 aromatic rings. The highest BCUT2D eigenvalue weighted by Gasteiger charge is 2.11. The van der Waals surface area contributed by atoms with Crippen LogP contribution < -0.4 is 14.8 Å². The third-order valence-corrected chi connectivity index (χ3v) is 3.53. The van der Waals surface area contributed by atoms with Crippen molar-refractivity contribution in [2.45, 2.75) is 46.8 Å². The molecule has 4 nitrogen and oxygen atoms in total. The molecule has 0 radical (unpaired) electrons. The molecule has 5 heteroatoms. The van der Waals surface area contributed by atoms with Crippen molar-refractivity contribution in [3.05, 3.63) is 22.2 Å². The van der Waals surface area contributed by atoms with Gasteiger partial charge in [0, 0.05) is 13.2 Å². The first-order chi connectivity index (χ1) is 10.6. The van der Waals surface area contributed by atoms with Crippen LogP contribution in [0.15, 0.2) is 16.6 Å². The van der Waals surface area contributed by atoms with Crippen molar-refractivity contribution >= 4 is 15.9 Å². The number of rotatable bonds is 11. The number of ether oxygens (including phenoxy) is 3. The van der Waals surface area contributed by atoms with E-state index in [1.807, 2.05) is 19.9 Å². The lowest BCUT2D eigenvalue weighted by Gasteiger charge is -2.15. The van der Waals surface area contributed by atoms with E-state index in [2.05, 4.69) is 41.2 Å². The molecule has 0 heterocycles. The lowest BCUT2D eigenvalue weighted by Crippen LogP contribution is -2.17. The first-order valence-electron chi connectivity index (χ1n) is 7.98. The highest BCUT2D eigenvalue weighted by molar-refractivity contribution is 9.10. The Kier molecular flexibility index (Phi) is 9.52. The summed E-state index contributed by atoms with van der Waals surface area (Å²) in [7, 11) is 0. The van der Waals surface area contributed by atoms with Crippen LogP contribution >= 0.6 is 15.9 Å². The Morgan fingerprint density at radius 3 is 2.50 bits per heavy atom. The monoisotopic (exact) mass is 373 g/mol. The Balaban J connectivity index is 2.53. The van der Waals surface area contributed by atoms with Crippen LogP contribution in [0.25, 0.3) is 0 Å². The van der Waals surface area contributed by atoms with Gasteiger partial charge in [0.05, 0.1) is 23.8 Å². The van der Waals surface area contributed by atoms with E-state index in [1.165, 1.54) is 5.56 Å². The van der Waals surface area contributed by atoms with Crippen molar-refractivity contribution in [1.29, 1.82) is 0 Å². The third kappa shape index (κ3) is 6.99. The molecule has 0 aromatic heterocycles. The maximum atomic E-state index is 5.68. The predicted octanol–water partition coefficient (Wildman–Crippen LogP) is 4.15. The number of hydrogen-bond donors (Lipinski definition) is 1. The Morgan fingerprint density at radius 2 is 1.86 bits per heavy atom. The van der Waals surface area contributed by atoms with Crippen molar-refractivity contribution < 1.29 is 14.2 Å². The molecule has 0 bridgehead atoms. The molecule has 0 spiro atoms. The summed E-state index contributed by atoms with van der Waals surface area (Å²) in [5.41, 5.74) is 1.17. The molecule has 0 saturated carbocycles. The molecule has 1 N–H and O–H groups in total. The molecule has 1 rings (SSSR count). The molecule has 1 aromatic carbocycles. The number of nitrogens with one attached hydrogen (secondary N) is 1. The SMILES string of the molecule is CCOc1cc(CNCCCOC(C)C)cc(Br)c1OCC. The summed E-state index contributed by atoms with van der Waals surface area (Å²) in [4.78, 5) is 0. The molecule has 0 aliphatic heterocycles. The number of halogens is 1. The zero-order chi connectivity index (χ0) is 16.4. The second kappa shape index (κ2) is 10.9. The van der Waals surface area contributed by atoms with Crippen LogP contribution in [-0.4, -0.2) is 32.5 Å².